The van der Waals surface area contributed by atoms with Crippen molar-refractivity contribution in [3.05, 3.63) is 64.8 Å². The van der Waals surface area contributed by atoms with E-state index < -0.39 is 5.97 Å². The minimum absolute atomic E-state index is 0.202. The van der Waals surface area contributed by atoms with Gasteiger partial charge in [-0.3, -0.25) is 4.90 Å². The maximum Gasteiger partial charge on any atom is 0.335 e. The lowest BCUT2D eigenvalue weighted by atomic mass is 9.73. The number of carboxylic acids is 1. The van der Waals surface area contributed by atoms with Gasteiger partial charge in [0.1, 0.15) is 5.75 Å². The molecule has 0 bridgehead atoms. The summed E-state index contributed by atoms with van der Waals surface area (Å²) in [6.07, 6.45) is 5.22. The molecule has 0 unspecified atom stereocenters. The zero-order valence-electron chi connectivity index (χ0n) is 18.7. The molecule has 6 heteroatoms. The van der Waals surface area contributed by atoms with E-state index in [1.165, 1.54) is 16.5 Å². The van der Waals surface area contributed by atoms with Crippen LogP contribution in [0.3, 0.4) is 0 Å². The van der Waals surface area contributed by atoms with Gasteiger partial charge in [0, 0.05) is 41.9 Å². The fourth-order valence-corrected chi connectivity index (χ4v) is 5.54. The molecule has 168 valence electrons. The topological polar surface area (TPSA) is 74.8 Å². The highest BCUT2D eigenvalue weighted by Gasteiger charge is 2.43. The van der Waals surface area contributed by atoms with Gasteiger partial charge in [0.2, 0.25) is 0 Å². The number of likely N-dealkylation sites (tertiary alicyclic amines) is 1. The molecule has 2 saturated heterocycles. The number of rotatable bonds is 5. The number of aromatic amines is 1. The van der Waals surface area contributed by atoms with Crippen molar-refractivity contribution in [1.29, 1.82) is 0 Å². The van der Waals surface area contributed by atoms with Crippen LogP contribution >= 0.6 is 0 Å². The number of piperidine rings is 1. The number of carboxylic acid groups (broad SMARTS) is 1. The summed E-state index contributed by atoms with van der Waals surface area (Å²) in [4.78, 5) is 17.2. The third kappa shape index (κ3) is 3.67. The number of carbonyl (C=O) groups is 1. The van der Waals surface area contributed by atoms with Crippen molar-refractivity contribution in [3.8, 4) is 5.75 Å². The average molecular weight is 435 g/mol. The lowest BCUT2D eigenvalue weighted by molar-refractivity contribution is 0.0325. The Bertz CT molecular complexity index is 1130. The minimum Gasteiger partial charge on any atom is -0.496 e. The van der Waals surface area contributed by atoms with E-state index in [-0.39, 0.29) is 11.5 Å². The van der Waals surface area contributed by atoms with Crippen molar-refractivity contribution in [2.45, 2.75) is 38.8 Å². The number of nitrogens with one attached hydrogen (secondary N) is 1. The van der Waals surface area contributed by atoms with Crippen LogP contribution in [0.1, 0.15) is 52.4 Å². The van der Waals surface area contributed by atoms with Crippen LogP contribution in [0.15, 0.2) is 42.6 Å². The number of H-pyrrole nitrogens is 1. The third-order valence-electron chi connectivity index (χ3n) is 7.42. The zero-order valence-corrected chi connectivity index (χ0v) is 18.7. The lowest BCUT2D eigenvalue weighted by Crippen LogP contribution is -2.42. The maximum atomic E-state index is 11.4. The molecule has 0 saturated carbocycles. The van der Waals surface area contributed by atoms with Crippen molar-refractivity contribution in [1.82, 2.24) is 9.88 Å². The first-order valence-electron chi connectivity index (χ1n) is 11.3. The van der Waals surface area contributed by atoms with Gasteiger partial charge >= 0.3 is 5.97 Å². The number of fused-ring (bicyclic) bond motifs is 1. The summed E-state index contributed by atoms with van der Waals surface area (Å²) in [6.45, 7) is 5.50. The molecule has 3 heterocycles. The Kier molecular flexibility index (Phi) is 5.43. The van der Waals surface area contributed by atoms with Gasteiger partial charge in [0.05, 0.1) is 19.3 Å². The van der Waals surface area contributed by atoms with Gasteiger partial charge in [-0.1, -0.05) is 12.1 Å². The molecule has 2 aromatic carbocycles. The van der Waals surface area contributed by atoms with Gasteiger partial charge in [-0.05, 0) is 73.5 Å². The predicted octanol–water partition coefficient (Wildman–Crippen LogP) is 4.93. The van der Waals surface area contributed by atoms with Gasteiger partial charge < -0.3 is 19.6 Å². The van der Waals surface area contributed by atoms with Crippen LogP contribution in [0.5, 0.6) is 5.75 Å². The van der Waals surface area contributed by atoms with E-state index in [0.717, 1.165) is 62.4 Å². The Balaban J connectivity index is 1.52. The van der Waals surface area contributed by atoms with Gasteiger partial charge in [0.25, 0.3) is 0 Å². The number of ether oxygens (including phenoxy) is 2. The van der Waals surface area contributed by atoms with Gasteiger partial charge in [-0.15, -0.1) is 0 Å². The molecule has 2 aliphatic heterocycles. The van der Waals surface area contributed by atoms with Gasteiger partial charge in [-0.2, -0.15) is 0 Å². The molecule has 0 amide bonds. The molecule has 1 aromatic heterocycles. The average Bonchev–Trinajstić information content (AvgIpc) is 3.47. The lowest BCUT2D eigenvalue weighted by Gasteiger charge is -2.45. The molecule has 0 radical (unpaired) electrons. The standard InChI is InChI=1S/C26H30N2O4/c1-17-13-23(31-2)21(20-7-10-27-24(17)20)15-28-11-8-26(9-12-32-16-26)14-22(28)18-3-5-19(6-4-18)25(29)30/h3-7,10,13,22,27H,8-9,11-12,14-16H2,1-2H3,(H,29,30)/t22-,26+/m1/s1. The van der Waals surface area contributed by atoms with E-state index in [9.17, 15) is 9.90 Å². The molecule has 32 heavy (non-hydrogen) atoms. The van der Waals surface area contributed by atoms with Gasteiger partial charge in [-0.25, -0.2) is 4.79 Å². The van der Waals surface area contributed by atoms with E-state index in [1.807, 2.05) is 18.3 Å². The van der Waals surface area contributed by atoms with Crippen LogP contribution in [0.25, 0.3) is 10.9 Å². The molecule has 2 fully saturated rings. The summed E-state index contributed by atoms with van der Waals surface area (Å²) in [7, 11) is 1.74. The van der Waals surface area contributed by atoms with Crippen LogP contribution in [-0.2, 0) is 11.3 Å². The normalized spacial score (nSPS) is 23.8. The Hall–Kier alpha value is -2.83. The molecule has 2 atom stereocenters. The van der Waals surface area contributed by atoms with Crippen LogP contribution in [-0.4, -0.2) is 47.8 Å². The van der Waals surface area contributed by atoms with E-state index in [4.69, 9.17) is 9.47 Å². The SMILES string of the molecule is COc1cc(C)c2[nH]ccc2c1CN1CC[C@]2(CCOC2)C[C@@H]1c1ccc(C(=O)O)cc1. The van der Waals surface area contributed by atoms with Crippen molar-refractivity contribution < 1.29 is 19.4 Å². The quantitative estimate of drug-likeness (QED) is 0.596. The highest BCUT2D eigenvalue weighted by molar-refractivity contribution is 5.88. The minimum atomic E-state index is -0.892. The summed E-state index contributed by atoms with van der Waals surface area (Å²) in [5, 5.41) is 10.5. The Morgan fingerprint density at radius 2 is 2.09 bits per heavy atom. The number of benzene rings is 2. The molecule has 2 aliphatic rings. The van der Waals surface area contributed by atoms with Gasteiger partial charge in [0.15, 0.2) is 0 Å². The van der Waals surface area contributed by atoms with E-state index in [0.29, 0.717) is 5.56 Å². The molecule has 2 N–H and O–H groups in total. The molecule has 6 nitrogen and oxygen atoms in total. The second-order valence-corrected chi connectivity index (χ2v) is 9.31. The van der Waals surface area contributed by atoms with Crippen molar-refractivity contribution in [2.75, 3.05) is 26.9 Å². The largest absolute Gasteiger partial charge is 0.496 e. The maximum absolute atomic E-state index is 11.4. The summed E-state index contributed by atoms with van der Waals surface area (Å²) >= 11 is 0. The Labute approximate surface area is 188 Å². The second kappa shape index (κ2) is 8.26. The highest BCUT2D eigenvalue weighted by Crippen LogP contribution is 2.48. The smallest absolute Gasteiger partial charge is 0.335 e. The van der Waals surface area contributed by atoms with Crippen LogP contribution in [0, 0.1) is 12.3 Å². The number of aromatic carboxylic acids is 1. The number of aromatic nitrogens is 1. The number of aryl methyl sites for hydroxylation is 1. The van der Waals surface area contributed by atoms with Crippen molar-refractivity contribution in [2.24, 2.45) is 5.41 Å². The highest BCUT2D eigenvalue weighted by atomic mass is 16.5. The first kappa shape index (κ1) is 21.0. The Morgan fingerprint density at radius 1 is 1.28 bits per heavy atom. The third-order valence-corrected chi connectivity index (χ3v) is 7.42. The monoisotopic (exact) mass is 434 g/mol. The summed E-state index contributed by atoms with van der Waals surface area (Å²) in [5.74, 6) is 0.0241. The van der Waals surface area contributed by atoms with E-state index >= 15 is 0 Å². The zero-order chi connectivity index (χ0) is 22.3. The second-order valence-electron chi connectivity index (χ2n) is 9.31. The van der Waals surface area contributed by atoms with E-state index in [1.54, 1.807) is 19.2 Å². The summed E-state index contributed by atoms with van der Waals surface area (Å²) in [6, 6.07) is 11.8. The fraction of sp³-hybridized carbons (Fsp3) is 0.423. The van der Waals surface area contributed by atoms with Crippen LogP contribution in [0.2, 0.25) is 0 Å². The first-order chi connectivity index (χ1) is 15.5. The summed E-state index contributed by atoms with van der Waals surface area (Å²) in [5.41, 5.74) is 5.22. The number of hydrogen-bond donors (Lipinski definition) is 2. The molecule has 3 aromatic rings. The Morgan fingerprint density at radius 3 is 2.78 bits per heavy atom. The number of nitrogens with zero attached hydrogens (tertiary/aromatic N) is 1. The summed E-state index contributed by atoms with van der Waals surface area (Å²) < 4.78 is 11.6. The van der Waals surface area contributed by atoms with Crippen LogP contribution < -0.4 is 4.74 Å². The molecular formula is C26H30N2O4. The number of methoxy groups -OCH3 is 1. The number of hydrogen-bond acceptors (Lipinski definition) is 4. The molecular weight excluding hydrogens is 404 g/mol. The predicted molar refractivity (Wildman–Crippen MR) is 123 cm³/mol. The first-order valence-corrected chi connectivity index (χ1v) is 11.3. The van der Waals surface area contributed by atoms with E-state index in [2.05, 4.69) is 28.9 Å². The molecule has 0 aliphatic carbocycles. The van der Waals surface area contributed by atoms with Crippen molar-refractivity contribution in [3.63, 3.8) is 0 Å². The molecule has 1 spiro atoms. The fourth-order valence-electron chi connectivity index (χ4n) is 5.54. The van der Waals surface area contributed by atoms with Crippen LogP contribution in [0.4, 0.5) is 0 Å². The van der Waals surface area contributed by atoms with Crippen molar-refractivity contribution >= 4 is 16.9 Å². The molecule has 5 rings (SSSR count).